The molecule has 23 heavy (non-hydrogen) atoms. The fourth-order valence-corrected chi connectivity index (χ4v) is 2.74. The van der Waals surface area contributed by atoms with Gasteiger partial charge in [0.1, 0.15) is 11.4 Å². The first kappa shape index (κ1) is 15.2. The van der Waals surface area contributed by atoms with Gasteiger partial charge in [0.25, 0.3) is 0 Å². The van der Waals surface area contributed by atoms with E-state index in [1.165, 1.54) is 11.1 Å². The molecule has 2 N–H and O–H groups in total. The molecule has 0 bridgehead atoms. The van der Waals surface area contributed by atoms with Crippen LogP contribution in [0.3, 0.4) is 0 Å². The summed E-state index contributed by atoms with van der Waals surface area (Å²) in [7, 11) is 1.65. The third-order valence-electron chi connectivity index (χ3n) is 3.75. The summed E-state index contributed by atoms with van der Waals surface area (Å²) in [5.74, 6) is 0.813. The van der Waals surface area contributed by atoms with Gasteiger partial charge in [-0.2, -0.15) is 0 Å². The smallest absolute Gasteiger partial charge is 0.118 e. The van der Waals surface area contributed by atoms with E-state index >= 15 is 0 Å². The van der Waals surface area contributed by atoms with Gasteiger partial charge in [0.15, 0.2) is 0 Å². The number of benzene rings is 2. The van der Waals surface area contributed by atoms with Crippen LogP contribution in [0.5, 0.6) is 5.75 Å². The van der Waals surface area contributed by atoms with E-state index < -0.39 is 0 Å². The van der Waals surface area contributed by atoms with E-state index in [0.29, 0.717) is 6.54 Å². The third kappa shape index (κ3) is 2.96. The highest BCUT2D eigenvalue weighted by atomic mass is 16.5. The second-order valence-electron chi connectivity index (χ2n) is 5.58. The zero-order valence-corrected chi connectivity index (χ0v) is 13.6. The molecule has 0 fully saturated rings. The molecule has 118 valence electrons. The minimum Gasteiger partial charge on any atom is -0.497 e. The molecule has 0 aliphatic heterocycles. The van der Waals surface area contributed by atoms with Gasteiger partial charge in [-0.3, -0.25) is 0 Å². The van der Waals surface area contributed by atoms with Crippen LogP contribution in [0.2, 0.25) is 0 Å². The van der Waals surface area contributed by atoms with Gasteiger partial charge in [0, 0.05) is 12.1 Å². The van der Waals surface area contributed by atoms with Crippen molar-refractivity contribution in [1.82, 2.24) is 15.0 Å². The topological polar surface area (TPSA) is 66.0 Å². The molecule has 5 heteroatoms. The van der Waals surface area contributed by atoms with Crippen LogP contribution in [0.25, 0.3) is 16.9 Å². The summed E-state index contributed by atoms with van der Waals surface area (Å²) in [5.41, 5.74) is 11.9. The van der Waals surface area contributed by atoms with Crippen molar-refractivity contribution in [2.45, 2.75) is 20.4 Å². The van der Waals surface area contributed by atoms with Crippen LogP contribution >= 0.6 is 0 Å². The Morgan fingerprint density at radius 2 is 1.70 bits per heavy atom. The first-order valence-corrected chi connectivity index (χ1v) is 7.50. The molecule has 2 aromatic carbocycles. The fraction of sp³-hybridized carbons (Fsp3) is 0.222. The molecule has 3 rings (SSSR count). The van der Waals surface area contributed by atoms with Gasteiger partial charge < -0.3 is 10.5 Å². The maximum Gasteiger partial charge on any atom is 0.118 e. The van der Waals surface area contributed by atoms with Crippen LogP contribution in [0.15, 0.2) is 42.5 Å². The quantitative estimate of drug-likeness (QED) is 0.804. The lowest BCUT2D eigenvalue weighted by Gasteiger charge is -2.10. The number of aryl methyl sites for hydroxylation is 2. The second-order valence-corrected chi connectivity index (χ2v) is 5.58. The van der Waals surface area contributed by atoms with Crippen molar-refractivity contribution in [2.75, 3.05) is 7.11 Å². The van der Waals surface area contributed by atoms with Crippen LogP contribution in [-0.2, 0) is 6.54 Å². The van der Waals surface area contributed by atoms with Crippen molar-refractivity contribution >= 4 is 0 Å². The number of aromatic nitrogens is 3. The zero-order valence-electron chi connectivity index (χ0n) is 13.6. The van der Waals surface area contributed by atoms with Gasteiger partial charge in [-0.05, 0) is 61.4 Å². The van der Waals surface area contributed by atoms with Gasteiger partial charge >= 0.3 is 0 Å². The Balaban J connectivity index is 2.16. The number of hydrogen-bond acceptors (Lipinski definition) is 4. The number of ether oxygens (including phenoxy) is 1. The Labute approximate surface area is 135 Å². The molecular weight excluding hydrogens is 288 g/mol. The van der Waals surface area contributed by atoms with E-state index in [4.69, 9.17) is 10.5 Å². The number of rotatable bonds is 4. The second kappa shape index (κ2) is 6.22. The Bertz CT molecular complexity index is 801. The molecule has 0 spiro atoms. The summed E-state index contributed by atoms with van der Waals surface area (Å²) >= 11 is 0. The van der Waals surface area contributed by atoms with Crippen molar-refractivity contribution in [3.05, 3.63) is 59.3 Å². The number of hydrogen-bond donors (Lipinski definition) is 1. The van der Waals surface area contributed by atoms with Crippen LogP contribution in [-0.4, -0.2) is 22.1 Å². The number of methoxy groups -OCH3 is 1. The van der Waals surface area contributed by atoms with Gasteiger partial charge in [-0.15, -0.1) is 5.10 Å². The molecule has 0 saturated heterocycles. The van der Waals surface area contributed by atoms with Gasteiger partial charge in [0.05, 0.1) is 18.5 Å². The summed E-state index contributed by atoms with van der Waals surface area (Å²) < 4.78 is 7.08. The van der Waals surface area contributed by atoms with E-state index in [0.717, 1.165) is 28.4 Å². The normalized spacial score (nSPS) is 10.8. The lowest BCUT2D eigenvalue weighted by atomic mass is 10.1. The molecule has 3 aromatic rings. The van der Waals surface area contributed by atoms with Crippen molar-refractivity contribution in [2.24, 2.45) is 5.73 Å². The Hall–Kier alpha value is -2.66. The van der Waals surface area contributed by atoms with Crippen molar-refractivity contribution in [1.29, 1.82) is 0 Å². The molecule has 0 saturated carbocycles. The summed E-state index contributed by atoms with van der Waals surface area (Å²) in [6.45, 7) is 4.49. The molecular formula is C18H20N4O. The average molecular weight is 308 g/mol. The molecule has 1 aromatic heterocycles. The highest BCUT2D eigenvalue weighted by Crippen LogP contribution is 2.27. The first-order valence-electron chi connectivity index (χ1n) is 7.50. The van der Waals surface area contributed by atoms with Crippen LogP contribution in [0.1, 0.15) is 16.8 Å². The third-order valence-corrected chi connectivity index (χ3v) is 3.75. The average Bonchev–Trinajstić information content (AvgIpc) is 2.98. The first-order chi connectivity index (χ1) is 11.1. The molecule has 0 amide bonds. The predicted octanol–water partition coefficient (Wildman–Crippen LogP) is 3.02. The molecule has 0 radical (unpaired) electrons. The van der Waals surface area contributed by atoms with Gasteiger partial charge in [-0.25, -0.2) is 4.68 Å². The van der Waals surface area contributed by atoms with Crippen molar-refractivity contribution in [3.63, 3.8) is 0 Å². The number of nitrogens with zero attached hydrogens (tertiary/aromatic N) is 3. The largest absolute Gasteiger partial charge is 0.497 e. The molecule has 1 heterocycles. The van der Waals surface area contributed by atoms with Crippen molar-refractivity contribution < 1.29 is 4.74 Å². The Morgan fingerprint density at radius 3 is 2.26 bits per heavy atom. The zero-order chi connectivity index (χ0) is 16.4. The summed E-state index contributed by atoms with van der Waals surface area (Å²) in [6, 6.07) is 14.2. The highest BCUT2D eigenvalue weighted by Gasteiger charge is 2.15. The summed E-state index contributed by atoms with van der Waals surface area (Å²) in [4.78, 5) is 0. The molecule has 0 atom stereocenters. The maximum absolute atomic E-state index is 5.85. The van der Waals surface area contributed by atoms with E-state index in [-0.39, 0.29) is 0 Å². The van der Waals surface area contributed by atoms with Gasteiger partial charge in [0.2, 0.25) is 0 Å². The fourth-order valence-electron chi connectivity index (χ4n) is 2.74. The minimum atomic E-state index is 0.339. The van der Waals surface area contributed by atoms with E-state index in [1.54, 1.807) is 7.11 Å². The predicted molar refractivity (Wildman–Crippen MR) is 90.7 cm³/mol. The van der Waals surface area contributed by atoms with Crippen LogP contribution in [0, 0.1) is 13.8 Å². The van der Waals surface area contributed by atoms with Crippen LogP contribution in [0.4, 0.5) is 0 Å². The minimum absolute atomic E-state index is 0.339. The SMILES string of the molecule is COc1ccc(-c2c(CN)nnn2-c2cc(C)cc(C)c2)cc1. The van der Waals surface area contributed by atoms with Gasteiger partial charge in [-0.1, -0.05) is 11.3 Å². The summed E-state index contributed by atoms with van der Waals surface area (Å²) in [6.07, 6.45) is 0. The van der Waals surface area contributed by atoms with Crippen LogP contribution < -0.4 is 10.5 Å². The van der Waals surface area contributed by atoms with E-state index in [9.17, 15) is 0 Å². The Kier molecular flexibility index (Phi) is 4.12. The summed E-state index contributed by atoms with van der Waals surface area (Å²) in [5, 5.41) is 8.56. The monoisotopic (exact) mass is 308 g/mol. The maximum atomic E-state index is 5.85. The standard InChI is InChI=1S/C18H20N4O/c1-12-8-13(2)10-15(9-12)22-18(17(11-19)20-21-22)14-4-6-16(23-3)7-5-14/h4-10H,11,19H2,1-3H3. The lowest BCUT2D eigenvalue weighted by molar-refractivity contribution is 0.415. The Morgan fingerprint density at radius 1 is 1.04 bits per heavy atom. The van der Waals surface area contributed by atoms with Crippen molar-refractivity contribution in [3.8, 4) is 22.7 Å². The lowest BCUT2D eigenvalue weighted by Crippen LogP contribution is -2.03. The number of nitrogens with two attached hydrogens (primary N) is 1. The molecule has 0 aliphatic carbocycles. The van der Waals surface area contributed by atoms with E-state index in [1.807, 2.05) is 28.9 Å². The molecule has 5 nitrogen and oxygen atoms in total. The molecule has 0 aliphatic rings. The molecule has 0 unspecified atom stereocenters. The highest BCUT2D eigenvalue weighted by molar-refractivity contribution is 5.65. The van der Waals surface area contributed by atoms with E-state index in [2.05, 4.69) is 42.4 Å².